The number of aliphatic hydroxyl groups excluding tert-OH is 9. The van der Waals surface area contributed by atoms with E-state index in [9.17, 15) is 89.2 Å². The Morgan fingerprint density at radius 3 is 1.02 bits per heavy atom. The van der Waals surface area contributed by atoms with Crippen molar-refractivity contribution in [1.29, 1.82) is 0 Å². The van der Waals surface area contributed by atoms with Crippen LogP contribution in [0.5, 0.6) is 0 Å². The Bertz CT molecular complexity index is 2660. The van der Waals surface area contributed by atoms with Gasteiger partial charge >= 0.3 is 0 Å². The van der Waals surface area contributed by atoms with Crippen molar-refractivity contribution < 1.29 is 169 Å². The SMILES string of the molecule is C=P(O)(OC)OCCCCCCNC(=O)[C@@H](CCCCNC(=O)COCCOCCOCCO[C@@H]1O[C@H](CO)[C@H](O)[C@H](O)[C@H]1NC(C)=O)NC(=O)[C@H](CCCCNC(=O)COCCOCCOCCO[C@@H]1O[C@H](CO)[C@H](O)[C@H](O)[C@H]1NC(C)=O)NC(=O)COCCOCCOCCO[C@@H]1O[C@H](CO)[C@H](O)[C@H](O)[C@H]1NC(C)=O. The molecule has 0 aromatic rings. The zero-order valence-corrected chi connectivity index (χ0v) is 65.4. The Balaban J connectivity index is 1.49. The number of rotatable bonds is 65. The third-order valence-electron chi connectivity index (χ3n) is 16.9. The molecule has 3 rings (SSSR count). The molecule has 0 spiro atoms. The van der Waals surface area contributed by atoms with E-state index in [1.54, 1.807) is 0 Å². The highest BCUT2D eigenvalue weighted by molar-refractivity contribution is 7.58. The molecule has 0 radical (unpaired) electrons. The maximum atomic E-state index is 14.2. The molecular weight excluding hydrogens is 1520 g/mol. The van der Waals surface area contributed by atoms with Crippen LogP contribution in [0.2, 0.25) is 0 Å². The van der Waals surface area contributed by atoms with Crippen molar-refractivity contribution in [1.82, 2.24) is 42.5 Å². The summed E-state index contributed by atoms with van der Waals surface area (Å²) in [6.07, 6.45) is -8.04. The second kappa shape index (κ2) is 60.5. The molecule has 652 valence electrons. The van der Waals surface area contributed by atoms with Crippen LogP contribution in [-0.4, -0.2) is 400 Å². The third-order valence-corrected chi connectivity index (χ3v) is 18.1. The number of carbonyl (C=O) groups excluding carboxylic acids is 8. The first-order valence-electron chi connectivity index (χ1n) is 37.6. The van der Waals surface area contributed by atoms with Gasteiger partial charge in [-0.1, -0.05) is 12.8 Å². The summed E-state index contributed by atoms with van der Waals surface area (Å²) < 4.78 is 93.1. The van der Waals surface area contributed by atoms with Crippen LogP contribution in [0.3, 0.4) is 0 Å². The van der Waals surface area contributed by atoms with Gasteiger partial charge in [0.05, 0.1) is 145 Å². The lowest BCUT2D eigenvalue weighted by molar-refractivity contribution is -0.272. The lowest BCUT2D eigenvalue weighted by atomic mass is 9.97. The fraction of sp³-hybridized carbons (Fsp3) is 0.868. The molecule has 112 heavy (non-hydrogen) atoms. The second-order valence-corrected chi connectivity index (χ2v) is 27.9. The number of nitrogens with one attached hydrogen (secondary N) is 8. The minimum Gasteiger partial charge on any atom is -0.394 e. The molecule has 0 saturated carbocycles. The largest absolute Gasteiger partial charge is 0.394 e. The highest BCUT2D eigenvalue weighted by Crippen LogP contribution is 2.41. The van der Waals surface area contributed by atoms with E-state index in [-0.39, 0.29) is 171 Å². The molecule has 43 nitrogen and oxygen atoms in total. The first-order chi connectivity index (χ1) is 53.8. The lowest BCUT2D eigenvalue weighted by Crippen LogP contribution is -2.64. The third kappa shape index (κ3) is 43.3. The number of aliphatic hydroxyl groups is 9. The molecule has 3 aliphatic heterocycles. The summed E-state index contributed by atoms with van der Waals surface area (Å²) in [4.78, 5) is 112. The molecule has 8 amide bonds. The summed E-state index contributed by atoms with van der Waals surface area (Å²) in [7, 11) is -1.84. The van der Waals surface area contributed by atoms with Gasteiger partial charge in [-0.2, -0.15) is 0 Å². The molecule has 3 fully saturated rings. The lowest BCUT2D eigenvalue weighted by Gasteiger charge is -2.42. The van der Waals surface area contributed by atoms with Crippen molar-refractivity contribution in [2.45, 2.75) is 189 Å². The molecule has 3 aliphatic rings. The van der Waals surface area contributed by atoms with E-state index in [0.717, 1.165) is 0 Å². The average molecular weight is 1650 g/mol. The fourth-order valence-corrected chi connectivity index (χ4v) is 11.6. The molecule has 0 bridgehead atoms. The fourth-order valence-electron chi connectivity index (χ4n) is 11.0. The minimum absolute atomic E-state index is 0.0192. The van der Waals surface area contributed by atoms with Gasteiger partial charge in [0.2, 0.25) is 54.8 Å². The van der Waals surface area contributed by atoms with Crippen molar-refractivity contribution in [3.05, 3.63) is 0 Å². The van der Waals surface area contributed by atoms with Crippen LogP contribution in [-0.2, 0) is 118 Å². The molecular formula is C68H125N8O35P. The van der Waals surface area contributed by atoms with Gasteiger partial charge in [0.15, 0.2) is 18.9 Å². The minimum atomic E-state index is -3.14. The highest BCUT2D eigenvalue weighted by atomic mass is 31.2. The van der Waals surface area contributed by atoms with Gasteiger partial charge in [-0.3, -0.25) is 38.4 Å². The van der Waals surface area contributed by atoms with Crippen molar-refractivity contribution in [2.75, 3.05) is 192 Å². The normalized spacial score (nSPS) is 24.9. The Hall–Kier alpha value is -5.02. The van der Waals surface area contributed by atoms with Crippen LogP contribution < -0.4 is 42.5 Å². The van der Waals surface area contributed by atoms with E-state index in [1.807, 2.05) is 0 Å². The molecule has 44 heteroatoms. The smallest absolute Gasteiger partial charge is 0.247 e. The molecule has 0 aromatic carbocycles. The molecule has 3 saturated heterocycles. The maximum absolute atomic E-state index is 14.2. The van der Waals surface area contributed by atoms with Crippen LogP contribution in [0, 0.1) is 0 Å². The Morgan fingerprint density at radius 2 is 0.679 bits per heavy atom. The first-order valence-corrected chi connectivity index (χ1v) is 39.3. The summed E-state index contributed by atoms with van der Waals surface area (Å²) in [6.45, 7) is 3.04. The zero-order chi connectivity index (χ0) is 82.5. The van der Waals surface area contributed by atoms with Crippen molar-refractivity contribution in [3.63, 3.8) is 0 Å². The van der Waals surface area contributed by atoms with Crippen LogP contribution in [0.25, 0.3) is 0 Å². The molecule has 18 atom stereocenters. The van der Waals surface area contributed by atoms with Crippen molar-refractivity contribution in [3.8, 4) is 0 Å². The average Bonchev–Trinajstić information content (AvgIpc) is 0.822. The van der Waals surface area contributed by atoms with Crippen LogP contribution in [0.4, 0.5) is 0 Å². The van der Waals surface area contributed by atoms with Gasteiger partial charge < -0.3 is 173 Å². The van der Waals surface area contributed by atoms with E-state index in [2.05, 4.69) is 48.8 Å². The van der Waals surface area contributed by atoms with Crippen LogP contribution in [0.1, 0.15) is 85.0 Å². The molecule has 0 aromatic heterocycles. The summed E-state index contributed by atoms with van der Waals surface area (Å²) in [5, 5.41) is 112. The number of carbonyl (C=O) groups is 8. The van der Waals surface area contributed by atoms with Gasteiger partial charge in [-0.15, -0.1) is 0 Å². The molecule has 0 aliphatic carbocycles. The van der Waals surface area contributed by atoms with Crippen LogP contribution in [0.15, 0.2) is 0 Å². The van der Waals surface area contributed by atoms with E-state index >= 15 is 0 Å². The van der Waals surface area contributed by atoms with Gasteiger partial charge in [-0.05, 0) is 57.7 Å². The Morgan fingerprint density at radius 1 is 0.375 bits per heavy atom. The number of ether oxygens (including phenoxy) is 15. The second-order valence-electron chi connectivity index (χ2n) is 26.0. The summed E-state index contributed by atoms with van der Waals surface area (Å²) in [6, 6.07) is -5.57. The quantitative estimate of drug-likeness (QED) is 0.0199. The summed E-state index contributed by atoms with van der Waals surface area (Å²) >= 11 is 0. The number of hydrogen-bond donors (Lipinski definition) is 18. The van der Waals surface area contributed by atoms with E-state index < -0.39 is 185 Å². The monoisotopic (exact) mass is 1640 g/mol. The van der Waals surface area contributed by atoms with Crippen molar-refractivity contribution >= 4 is 61.1 Å². The highest BCUT2D eigenvalue weighted by Gasteiger charge is 2.48. The first kappa shape index (κ1) is 101. The standard InChI is InChI=1S/C68H125N8O35P/c1-44(80)72-55-61(89)58(86)49(38-77)109-66(55)105-35-32-99-23-20-96-26-29-102-41-52(83)69-16-11-8-14-47(64(92)71-18-10-6-7-13-19-108-112(5,94)95-4)76-65(93)48(75-54(85)43-104-31-28-98-22-25-101-34-37-107-68-57(74-46(3)82)63(91)60(88)51(40-79)111-68)15-9-12-17-70-53(84)42-103-30-27-97-21-24-100-33-36-106-67-56(73-45(2)81)62(90)59(87)50(39-78)110-67/h47-51,55-63,66-68,77-79,86-91,94H,5-43H2,1-4H3,(H,69,83)(H,70,84)(H,71,92)(H,72,80)(H,73,81)(H,74,82)(H,75,85)(H,76,93)/t47-,48+,49-,50-,51-,55-,56-,57-,58+,59+,60+,61-,62-,63-,66-,67-,68-,112?/m1/s1. The summed E-state index contributed by atoms with van der Waals surface area (Å²) in [5.41, 5.74) is 0. The number of hydrogen-bond acceptors (Lipinski definition) is 35. The molecule has 3 heterocycles. The van der Waals surface area contributed by atoms with Gasteiger partial charge in [0.1, 0.15) is 105 Å². The zero-order valence-electron chi connectivity index (χ0n) is 64.5. The van der Waals surface area contributed by atoms with Gasteiger partial charge in [-0.25, -0.2) is 0 Å². The predicted molar refractivity (Wildman–Crippen MR) is 390 cm³/mol. The van der Waals surface area contributed by atoms with E-state index in [0.29, 0.717) is 51.4 Å². The van der Waals surface area contributed by atoms with Gasteiger partial charge in [0.25, 0.3) is 0 Å². The maximum Gasteiger partial charge on any atom is 0.247 e. The molecule has 18 N–H and O–H groups in total. The van der Waals surface area contributed by atoms with Crippen LogP contribution >= 0.6 is 7.57 Å². The van der Waals surface area contributed by atoms with E-state index in [4.69, 9.17) is 80.1 Å². The predicted octanol–water partition coefficient (Wildman–Crippen LogP) is -7.91. The van der Waals surface area contributed by atoms with E-state index in [1.165, 1.54) is 27.9 Å². The Labute approximate surface area is 651 Å². The van der Waals surface area contributed by atoms with Gasteiger partial charge in [0, 0.05) is 47.5 Å². The summed E-state index contributed by atoms with van der Waals surface area (Å²) in [5.74, 6) is -4.18. The number of unbranched alkanes of at least 4 members (excludes halogenated alkanes) is 5. The number of amides is 8. The Kier molecular flexibility index (Phi) is 54.6. The van der Waals surface area contributed by atoms with Crippen molar-refractivity contribution in [2.24, 2.45) is 0 Å². The topological polar surface area (TPSA) is 592 Å². The molecule has 1 unspecified atom stereocenters.